The Bertz CT molecular complexity index is 115. The maximum atomic E-state index is 3.73. The van der Waals surface area contributed by atoms with Gasteiger partial charge in [0.25, 0.3) is 0 Å². The summed E-state index contributed by atoms with van der Waals surface area (Å²) in [5.41, 5.74) is 0. The zero-order valence-electron chi connectivity index (χ0n) is 9.76. The van der Waals surface area contributed by atoms with Gasteiger partial charge in [0.2, 0.25) is 0 Å². The highest BCUT2D eigenvalue weighted by Crippen LogP contribution is 2.09. The van der Waals surface area contributed by atoms with E-state index in [-0.39, 0.29) is 0 Å². The van der Waals surface area contributed by atoms with Gasteiger partial charge in [0.1, 0.15) is 0 Å². The van der Waals surface area contributed by atoms with E-state index in [1.165, 1.54) is 18.6 Å². The molecule has 0 aliphatic carbocycles. The number of nitrogens with one attached hydrogen (secondary N) is 1. The van der Waals surface area contributed by atoms with E-state index >= 15 is 0 Å². The van der Waals surface area contributed by atoms with Crippen LogP contribution in [0.15, 0.2) is 0 Å². The van der Waals surface area contributed by atoms with Crippen LogP contribution in [0.5, 0.6) is 0 Å². The molecular weight excluding hydrogens is 178 g/mol. The largest absolute Gasteiger partial charge is 0.310 e. The van der Waals surface area contributed by atoms with Crippen LogP contribution in [0.1, 0.15) is 40.5 Å². The van der Waals surface area contributed by atoms with Crippen molar-refractivity contribution in [2.45, 2.75) is 52.6 Å². The third kappa shape index (κ3) is 5.58. The summed E-state index contributed by atoms with van der Waals surface area (Å²) in [5.74, 6) is 1.99. The Hall–Kier alpha value is 0.310. The van der Waals surface area contributed by atoms with Crippen molar-refractivity contribution in [1.29, 1.82) is 0 Å². The predicted molar refractivity (Wildman–Crippen MR) is 64.5 cm³/mol. The van der Waals surface area contributed by atoms with Crippen molar-refractivity contribution in [2.75, 3.05) is 12.0 Å². The fraction of sp³-hybridized carbons (Fsp3) is 1.00. The molecule has 1 nitrogen and oxygen atoms in total. The molecule has 0 saturated heterocycles. The van der Waals surface area contributed by atoms with Gasteiger partial charge in [-0.05, 0) is 25.0 Å². The minimum atomic E-state index is 0.692. The maximum absolute atomic E-state index is 3.73. The van der Waals surface area contributed by atoms with Crippen LogP contribution in [0.25, 0.3) is 0 Å². The first-order valence-corrected chi connectivity index (χ1v) is 6.80. The number of thioether (sulfide) groups is 1. The summed E-state index contributed by atoms with van der Waals surface area (Å²) in [6.07, 6.45) is 4.66. The molecule has 0 heterocycles. The van der Waals surface area contributed by atoms with E-state index in [2.05, 4.69) is 39.3 Å². The normalized spacial score (nSPS) is 16.2. The first kappa shape index (κ1) is 13.3. The fourth-order valence-corrected chi connectivity index (χ4v) is 2.30. The highest BCUT2D eigenvalue weighted by Gasteiger charge is 2.14. The van der Waals surface area contributed by atoms with Gasteiger partial charge >= 0.3 is 0 Å². The Balaban J connectivity index is 3.87. The average molecular weight is 203 g/mol. The predicted octanol–water partition coefficient (Wildman–Crippen LogP) is 3.15. The van der Waals surface area contributed by atoms with Crippen molar-refractivity contribution in [1.82, 2.24) is 5.32 Å². The Kier molecular flexibility index (Phi) is 7.87. The monoisotopic (exact) mass is 203 g/mol. The zero-order chi connectivity index (χ0) is 10.3. The molecule has 0 fully saturated rings. The summed E-state index contributed by atoms with van der Waals surface area (Å²) >= 11 is 1.94. The van der Waals surface area contributed by atoms with Gasteiger partial charge in [0.15, 0.2) is 0 Å². The second-order valence-electron chi connectivity index (χ2n) is 3.99. The summed E-state index contributed by atoms with van der Waals surface area (Å²) in [6, 6.07) is 1.39. The summed E-state index contributed by atoms with van der Waals surface area (Å²) in [7, 11) is 0. The molecule has 2 unspecified atom stereocenters. The van der Waals surface area contributed by atoms with Crippen LogP contribution in [0.2, 0.25) is 0 Å². The first-order chi connectivity index (χ1) is 6.15. The molecule has 2 atom stereocenters. The van der Waals surface area contributed by atoms with Gasteiger partial charge in [0, 0.05) is 17.8 Å². The molecule has 0 aromatic carbocycles. The van der Waals surface area contributed by atoms with Crippen LogP contribution in [-0.2, 0) is 0 Å². The van der Waals surface area contributed by atoms with Crippen molar-refractivity contribution in [3.05, 3.63) is 0 Å². The van der Waals surface area contributed by atoms with Gasteiger partial charge in [-0.25, -0.2) is 0 Å². The van der Waals surface area contributed by atoms with E-state index in [4.69, 9.17) is 0 Å². The van der Waals surface area contributed by atoms with Gasteiger partial charge in [0.05, 0.1) is 0 Å². The van der Waals surface area contributed by atoms with Crippen LogP contribution in [0.4, 0.5) is 0 Å². The topological polar surface area (TPSA) is 12.0 Å². The molecule has 2 heteroatoms. The molecule has 0 saturated carbocycles. The molecule has 0 aliphatic heterocycles. The van der Waals surface area contributed by atoms with E-state index in [0.29, 0.717) is 12.1 Å². The van der Waals surface area contributed by atoms with Crippen LogP contribution < -0.4 is 5.32 Å². The van der Waals surface area contributed by atoms with E-state index in [9.17, 15) is 0 Å². The molecule has 0 amide bonds. The Morgan fingerprint density at radius 3 is 2.08 bits per heavy atom. The number of hydrogen-bond donors (Lipinski definition) is 1. The molecule has 1 N–H and O–H groups in total. The molecule has 0 radical (unpaired) electrons. The smallest absolute Gasteiger partial charge is 0.0158 e. The van der Waals surface area contributed by atoms with Gasteiger partial charge in [-0.15, -0.1) is 0 Å². The molecule has 0 rings (SSSR count). The molecule has 0 spiro atoms. The lowest BCUT2D eigenvalue weighted by molar-refractivity contribution is 0.350. The minimum absolute atomic E-state index is 0.692. The lowest BCUT2D eigenvalue weighted by Crippen LogP contribution is -2.42. The van der Waals surface area contributed by atoms with Crippen LogP contribution >= 0.6 is 11.8 Å². The fourth-order valence-electron chi connectivity index (χ4n) is 1.57. The minimum Gasteiger partial charge on any atom is -0.310 e. The Labute approximate surface area is 88.1 Å². The van der Waals surface area contributed by atoms with Crippen LogP contribution in [0.3, 0.4) is 0 Å². The van der Waals surface area contributed by atoms with Crippen molar-refractivity contribution in [3.63, 3.8) is 0 Å². The van der Waals surface area contributed by atoms with Gasteiger partial charge < -0.3 is 5.32 Å². The van der Waals surface area contributed by atoms with E-state index < -0.39 is 0 Å². The second-order valence-corrected chi connectivity index (χ2v) is 4.90. The summed E-state index contributed by atoms with van der Waals surface area (Å²) < 4.78 is 0. The van der Waals surface area contributed by atoms with Crippen molar-refractivity contribution < 1.29 is 0 Å². The van der Waals surface area contributed by atoms with E-state index in [1.54, 1.807) is 0 Å². The lowest BCUT2D eigenvalue weighted by atomic mass is 10.0. The van der Waals surface area contributed by atoms with Gasteiger partial charge in [-0.2, -0.15) is 11.8 Å². The standard InChI is InChI=1S/C11H25NS/c1-6-10(8-13-5)12-11(7-2)9(3)4/h9-12H,6-8H2,1-5H3. The highest BCUT2D eigenvalue weighted by molar-refractivity contribution is 7.98. The second kappa shape index (κ2) is 7.69. The van der Waals surface area contributed by atoms with E-state index in [0.717, 1.165) is 5.92 Å². The molecule has 0 aromatic heterocycles. The first-order valence-electron chi connectivity index (χ1n) is 5.40. The Morgan fingerprint density at radius 1 is 1.15 bits per heavy atom. The maximum Gasteiger partial charge on any atom is 0.0158 e. The van der Waals surface area contributed by atoms with Crippen LogP contribution in [0, 0.1) is 5.92 Å². The number of hydrogen-bond acceptors (Lipinski definition) is 2. The average Bonchev–Trinajstić information content (AvgIpc) is 2.11. The molecular formula is C11H25NS. The third-order valence-electron chi connectivity index (χ3n) is 2.55. The number of rotatable bonds is 7. The zero-order valence-corrected chi connectivity index (χ0v) is 10.6. The molecule has 80 valence electrons. The summed E-state index contributed by atoms with van der Waals surface area (Å²) in [5, 5.41) is 3.73. The Morgan fingerprint density at radius 2 is 1.77 bits per heavy atom. The molecule has 0 bridgehead atoms. The van der Waals surface area contributed by atoms with Crippen molar-refractivity contribution in [3.8, 4) is 0 Å². The quantitative estimate of drug-likeness (QED) is 0.682. The van der Waals surface area contributed by atoms with Gasteiger partial charge in [-0.1, -0.05) is 27.7 Å². The summed E-state index contributed by atoms with van der Waals surface area (Å²) in [4.78, 5) is 0. The van der Waals surface area contributed by atoms with Crippen LogP contribution in [-0.4, -0.2) is 24.1 Å². The van der Waals surface area contributed by atoms with Gasteiger partial charge in [-0.3, -0.25) is 0 Å². The summed E-state index contributed by atoms with van der Waals surface area (Å²) in [6.45, 7) is 9.13. The molecule has 0 aromatic rings. The van der Waals surface area contributed by atoms with Crippen molar-refractivity contribution in [2.24, 2.45) is 5.92 Å². The third-order valence-corrected chi connectivity index (χ3v) is 3.29. The van der Waals surface area contributed by atoms with E-state index in [1.807, 2.05) is 11.8 Å². The lowest BCUT2D eigenvalue weighted by Gasteiger charge is -2.26. The SMILES string of the molecule is CCC(CSC)NC(CC)C(C)C. The van der Waals surface area contributed by atoms with Crippen molar-refractivity contribution >= 4 is 11.8 Å². The molecule has 0 aliphatic rings. The highest BCUT2D eigenvalue weighted by atomic mass is 32.2. The molecule has 13 heavy (non-hydrogen) atoms.